The Morgan fingerprint density at radius 2 is 1.89 bits per heavy atom. The molecule has 1 aliphatic carbocycles. The molecule has 2 aliphatic rings. The van der Waals surface area contributed by atoms with Crippen LogP contribution >= 0.6 is 11.8 Å². The maximum Gasteiger partial charge on any atom is 0.435 e. The molecule has 36 heavy (non-hydrogen) atoms. The van der Waals surface area contributed by atoms with Crippen LogP contribution in [-0.2, 0) is 14.3 Å². The van der Waals surface area contributed by atoms with E-state index in [1.54, 1.807) is 45.0 Å². The van der Waals surface area contributed by atoms with Crippen LogP contribution in [0.1, 0.15) is 64.3 Å². The van der Waals surface area contributed by atoms with Gasteiger partial charge in [0, 0.05) is 42.9 Å². The van der Waals surface area contributed by atoms with Crippen LogP contribution in [0.2, 0.25) is 0 Å². The molecular formula is C27H32FN3O4S. The van der Waals surface area contributed by atoms with Crippen molar-refractivity contribution >= 4 is 34.8 Å². The number of nitrogens with zero attached hydrogens (tertiary/aromatic N) is 3. The normalized spacial score (nSPS) is 20.8. The quantitative estimate of drug-likeness (QED) is 0.521. The molecule has 2 aromatic rings. The lowest BCUT2D eigenvalue weighted by Gasteiger charge is -2.38. The topological polar surface area (TPSA) is 81.5 Å². The third-order valence-electron chi connectivity index (χ3n) is 6.12. The Hall–Kier alpha value is -2.78. The van der Waals surface area contributed by atoms with Crippen LogP contribution in [0.4, 0.5) is 9.18 Å². The van der Waals surface area contributed by atoms with E-state index in [0.29, 0.717) is 30.8 Å². The average molecular weight is 514 g/mol. The van der Waals surface area contributed by atoms with Crippen molar-refractivity contribution in [2.24, 2.45) is 5.92 Å². The van der Waals surface area contributed by atoms with E-state index in [1.165, 1.54) is 30.9 Å². The molecule has 2 unspecified atom stereocenters. The number of piperidine rings is 1. The Balaban J connectivity index is 1.63. The van der Waals surface area contributed by atoms with Gasteiger partial charge < -0.3 is 4.74 Å². The Kier molecular flexibility index (Phi) is 7.80. The third-order valence-corrected chi connectivity index (χ3v) is 7.28. The van der Waals surface area contributed by atoms with E-state index >= 15 is 0 Å². The summed E-state index contributed by atoms with van der Waals surface area (Å²) in [7, 11) is 0. The molecule has 0 spiro atoms. The first-order valence-electron chi connectivity index (χ1n) is 12.2. The largest absolute Gasteiger partial charge is 0.442 e. The number of Topliss-reactive ketones (excluding diaryl/α,β-unsaturated/α-hetero) is 1. The van der Waals surface area contributed by atoms with Gasteiger partial charge in [-0.15, -0.1) is 0 Å². The van der Waals surface area contributed by atoms with Gasteiger partial charge in [0.2, 0.25) is 0 Å². The molecule has 4 rings (SSSR count). The van der Waals surface area contributed by atoms with Crippen LogP contribution in [0.15, 0.2) is 42.1 Å². The van der Waals surface area contributed by atoms with E-state index in [1.807, 2.05) is 11.0 Å². The number of likely N-dealkylation sites (tertiary alicyclic amines) is 1. The number of hydrogen-bond acceptors (Lipinski definition) is 7. The lowest BCUT2D eigenvalue weighted by Crippen LogP contribution is -2.43. The van der Waals surface area contributed by atoms with Gasteiger partial charge in [0.15, 0.2) is 10.9 Å². The number of carbonyl (C=O) groups excluding carboxylic acids is 3. The minimum Gasteiger partial charge on any atom is -0.442 e. The smallest absolute Gasteiger partial charge is 0.435 e. The summed E-state index contributed by atoms with van der Waals surface area (Å²) in [4.78, 5) is 39.7. The molecule has 192 valence electrons. The molecule has 2 atom stereocenters. The molecule has 0 amide bonds. The minimum atomic E-state index is -0.676. The Labute approximate surface area is 215 Å². The van der Waals surface area contributed by atoms with Crippen molar-refractivity contribution in [1.82, 2.24) is 14.7 Å². The van der Waals surface area contributed by atoms with Gasteiger partial charge in [-0.05, 0) is 63.8 Å². The number of thioether (sulfide) groups is 1. The molecule has 7 nitrogen and oxygen atoms in total. The number of ketones is 1. The van der Waals surface area contributed by atoms with Gasteiger partial charge in [-0.25, -0.2) is 9.18 Å². The zero-order chi connectivity index (χ0) is 26.0. The standard InChI is InChI=1S/C27H32FN3O4S/c1-17(32)36-23-12-13-30(24(25(33)18-9-10-18)21-7-5-6-8-22(21)28)16-19(23)15-20-11-14-31(29-20)26(34)35-27(2,3)4/h5-8,11,14-15,18,23-24H,9-10,12-13,16H2,1-4H3/b19-15+. The third kappa shape index (κ3) is 6.50. The average Bonchev–Trinajstić information content (AvgIpc) is 3.54. The molecule has 0 bridgehead atoms. The highest BCUT2D eigenvalue weighted by Gasteiger charge is 2.41. The minimum absolute atomic E-state index is 0.00153. The van der Waals surface area contributed by atoms with E-state index in [2.05, 4.69) is 5.10 Å². The van der Waals surface area contributed by atoms with Crippen LogP contribution in [0.3, 0.4) is 0 Å². The van der Waals surface area contributed by atoms with E-state index in [4.69, 9.17) is 4.74 Å². The monoisotopic (exact) mass is 513 g/mol. The Morgan fingerprint density at radius 3 is 2.53 bits per heavy atom. The molecule has 2 heterocycles. The lowest BCUT2D eigenvalue weighted by molar-refractivity contribution is -0.126. The maximum atomic E-state index is 14.8. The van der Waals surface area contributed by atoms with Gasteiger partial charge in [-0.3, -0.25) is 14.5 Å². The van der Waals surface area contributed by atoms with E-state index in [9.17, 15) is 18.8 Å². The number of carbonyl (C=O) groups is 3. The van der Waals surface area contributed by atoms with E-state index < -0.39 is 23.6 Å². The zero-order valence-corrected chi connectivity index (χ0v) is 21.9. The Morgan fingerprint density at radius 1 is 1.17 bits per heavy atom. The number of rotatable bonds is 6. The molecule has 1 saturated carbocycles. The predicted molar refractivity (Wildman–Crippen MR) is 137 cm³/mol. The molecular weight excluding hydrogens is 481 g/mol. The number of halogens is 1. The first-order valence-corrected chi connectivity index (χ1v) is 13.1. The molecule has 1 aliphatic heterocycles. The van der Waals surface area contributed by atoms with Crippen molar-refractivity contribution in [3.8, 4) is 0 Å². The number of benzene rings is 1. The van der Waals surface area contributed by atoms with Crippen LogP contribution < -0.4 is 0 Å². The van der Waals surface area contributed by atoms with Crippen LogP contribution in [0, 0.1) is 11.7 Å². The van der Waals surface area contributed by atoms with Gasteiger partial charge in [0.05, 0.1) is 11.7 Å². The second-order valence-electron chi connectivity index (χ2n) is 10.3. The summed E-state index contributed by atoms with van der Waals surface area (Å²) >= 11 is 1.24. The lowest BCUT2D eigenvalue weighted by atomic mass is 9.93. The summed E-state index contributed by atoms with van der Waals surface area (Å²) < 4.78 is 21.3. The van der Waals surface area contributed by atoms with E-state index in [-0.39, 0.29) is 22.1 Å². The van der Waals surface area contributed by atoms with Crippen LogP contribution in [0.5, 0.6) is 0 Å². The van der Waals surface area contributed by atoms with Crippen molar-refractivity contribution in [3.63, 3.8) is 0 Å². The molecule has 0 radical (unpaired) electrons. The zero-order valence-electron chi connectivity index (χ0n) is 21.1. The number of hydrogen-bond donors (Lipinski definition) is 0. The predicted octanol–water partition coefficient (Wildman–Crippen LogP) is 5.26. The molecule has 2 fully saturated rings. The van der Waals surface area contributed by atoms with E-state index in [0.717, 1.165) is 23.1 Å². The summed E-state index contributed by atoms with van der Waals surface area (Å²) in [6, 6.07) is 7.48. The summed E-state index contributed by atoms with van der Waals surface area (Å²) in [6.07, 6.45) is 5.12. The number of aromatic nitrogens is 2. The van der Waals surface area contributed by atoms with Crippen molar-refractivity contribution in [2.75, 3.05) is 13.1 Å². The first-order chi connectivity index (χ1) is 17.0. The van der Waals surface area contributed by atoms with Crippen molar-refractivity contribution in [2.45, 2.75) is 63.9 Å². The molecule has 1 saturated heterocycles. The van der Waals surface area contributed by atoms with Crippen molar-refractivity contribution < 1.29 is 23.5 Å². The fourth-order valence-electron chi connectivity index (χ4n) is 4.41. The second kappa shape index (κ2) is 10.7. The first kappa shape index (κ1) is 26.3. The molecule has 1 aromatic carbocycles. The van der Waals surface area contributed by atoms with Crippen LogP contribution in [-0.4, -0.2) is 55.6 Å². The molecule has 1 aromatic heterocycles. The summed E-state index contributed by atoms with van der Waals surface area (Å²) in [5.74, 6) is -0.374. The van der Waals surface area contributed by atoms with Crippen molar-refractivity contribution in [3.05, 3.63) is 59.2 Å². The summed E-state index contributed by atoms with van der Waals surface area (Å²) in [5, 5.41) is 4.25. The SMILES string of the molecule is CC(=O)SC1CCN(C(C(=O)C2CC2)c2ccccc2F)C/C1=C\c1ccn(C(=O)OC(C)(C)C)n1. The van der Waals surface area contributed by atoms with Gasteiger partial charge in [0.25, 0.3) is 0 Å². The highest BCUT2D eigenvalue weighted by molar-refractivity contribution is 8.14. The van der Waals surface area contributed by atoms with Gasteiger partial charge in [0.1, 0.15) is 11.4 Å². The fraction of sp³-hybridized carbons (Fsp3) is 0.481. The number of ether oxygens (including phenoxy) is 1. The van der Waals surface area contributed by atoms with Gasteiger partial charge >= 0.3 is 6.09 Å². The van der Waals surface area contributed by atoms with Crippen LogP contribution in [0.25, 0.3) is 6.08 Å². The highest BCUT2D eigenvalue weighted by atomic mass is 32.2. The van der Waals surface area contributed by atoms with Gasteiger partial charge in [-0.2, -0.15) is 9.78 Å². The van der Waals surface area contributed by atoms with Crippen molar-refractivity contribution in [1.29, 1.82) is 0 Å². The fourth-order valence-corrected chi connectivity index (χ4v) is 5.33. The maximum absolute atomic E-state index is 14.8. The summed E-state index contributed by atoms with van der Waals surface area (Å²) in [5.41, 5.74) is 1.19. The molecule has 9 heteroatoms. The summed E-state index contributed by atoms with van der Waals surface area (Å²) in [6.45, 7) is 7.84. The van der Waals surface area contributed by atoms with Gasteiger partial charge in [-0.1, -0.05) is 30.0 Å². The second-order valence-corrected chi connectivity index (χ2v) is 11.7. The highest BCUT2D eigenvalue weighted by Crippen LogP contribution is 2.40. The Bertz CT molecular complexity index is 1180. The molecule has 0 N–H and O–H groups in total.